The fourth-order valence-electron chi connectivity index (χ4n) is 3.17. The molecule has 1 aliphatic rings. The van der Waals surface area contributed by atoms with E-state index in [-0.39, 0.29) is 5.69 Å². The van der Waals surface area contributed by atoms with Gasteiger partial charge in [0.2, 0.25) is 5.95 Å². The van der Waals surface area contributed by atoms with Crippen LogP contribution in [0, 0.1) is 0 Å². The second kappa shape index (κ2) is 8.30. The molecule has 0 atom stereocenters. The number of benzene rings is 1. The minimum atomic E-state index is -0.660. The van der Waals surface area contributed by atoms with Crippen LogP contribution >= 0.6 is 0 Å². The average Bonchev–Trinajstić information content (AvgIpc) is 2.68. The highest BCUT2D eigenvalue weighted by molar-refractivity contribution is 5.96. The summed E-state index contributed by atoms with van der Waals surface area (Å²) in [5.41, 5.74) is 7.55. The highest BCUT2D eigenvalue weighted by Crippen LogP contribution is 2.23. The molecular formula is C19H27N7O. The van der Waals surface area contributed by atoms with Crippen LogP contribution in [0.3, 0.4) is 0 Å². The molecular weight excluding hydrogens is 342 g/mol. The Balaban J connectivity index is 1.86. The molecule has 0 spiro atoms. The van der Waals surface area contributed by atoms with Crippen molar-refractivity contribution in [1.29, 1.82) is 0 Å². The van der Waals surface area contributed by atoms with Crippen LogP contribution in [0.25, 0.3) is 0 Å². The van der Waals surface area contributed by atoms with Gasteiger partial charge in [-0.25, -0.2) is 0 Å². The second-order valence-electron chi connectivity index (χ2n) is 7.17. The van der Waals surface area contributed by atoms with Gasteiger partial charge in [0, 0.05) is 18.8 Å². The maximum atomic E-state index is 11.8. The van der Waals surface area contributed by atoms with E-state index in [1.165, 1.54) is 5.56 Å². The molecule has 0 saturated carbocycles. The summed E-state index contributed by atoms with van der Waals surface area (Å²) >= 11 is 0. The van der Waals surface area contributed by atoms with E-state index >= 15 is 0 Å². The van der Waals surface area contributed by atoms with Gasteiger partial charge in [-0.15, -0.1) is 10.2 Å². The van der Waals surface area contributed by atoms with Crippen molar-refractivity contribution in [3.63, 3.8) is 0 Å². The van der Waals surface area contributed by atoms with Crippen LogP contribution in [-0.2, 0) is 0 Å². The van der Waals surface area contributed by atoms with Crippen LogP contribution in [-0.4, -0.2) is 47.3 Å². The van der Waals surface area contributed by atoms with Crippen molar-refractivity contribution in [2.45, 2.75) is 38.6 Å². The summed E-state index contributed by atoms with van der Waals surface area (Å²) in [6.07, 6.45) is 2.02. The molecule has 1 fully saturated rings. The van der Waals surface area contributed by atoms with Gasteiger partial charge in [0.05, 0.1) is 0 Å². The summed E-state index contributed by atoms with van der Waals surface area (Å²) in [7, 11) is 1.96. The van der Waals surface area contributed by atoms with Crippen LogP contribution in [0.1, 0.15) is 48.7 Å². The van der Waals surface area contributed by atoms with Crippen molar-refractivity contribution in [2.24, 2.45) is 5.73 Å². The molecule has 8 nitrogen and oxygen atoms in total. The number of piperidine rings is 1. The van der Waals surface area contributed by atoms with Gasteiger partial charge in [-0.3, -0.25) is 4.79 Å². The zero-order chi connectivity index (χ0) is 19.4. The minimum absolute atomic E-state index is 0.0328. The highest BCUT2D eigenvalue weighted by atomic mass is 16.1. The van der Waals surface area contributed by atoms with E-state index in [9.17, 15) is 4.79 Å². The molecule has 0 radical (unpaired) electrons. The zero-order valence-corrected chi connectivity index (χ0v) is 16.1. The van der Waals surface area contributed by atoms with Crippen molar-refractivity contribution in [2.75, 3.05) is 30.4 Å². The molecule has 1 aromatic carbocycles. The molecule has 4 N–H and O–H groups in total. The van der Waals surface area contributed by atoms with Crippen LogP contribution in [0.2, 0.25) is 0 Å². The van der Waals surface area contributed by atoms with Gasteiger partial charge in [-0.1, -0.05) is 26.0 Å². The van der Waals surface area contributed by atoms with E-state index in [2.05, 4.69) is 39.7 Å². The van der Waals surface area contributed by atoms with Crippen molar-refractivity contribution >= 4 is 23.4 Å². The number of aromatic nitrogens is 3. The van der Waals surface area contributed by atoms with E-state index in [1.54, 1.807) is 0 Å². The molecule has 0 bridgehead atoms. The average molecular weight is 369 g/mol. The van der Waals surface area contributed by atoms with Gasteiger partial charge in [0.1, 0.15) is 0 Å². The SMILES string of the molecule is CC(C)c1ccc(Nc2nc(N(C)C3CCNCC3)nnc2C(N)=O)cc1. The zero-order valence-electron chi connectivity index (χ0n) is 16.1. The first-order chi connectivity index (χ1) is 13.0. The van der Waals surface area contributed by atoms with E-state index < -0.39 is 5.91 Å². The van der Waals surface area contributed by atoms with Crippen LogP contribution in [0.4, 0.5) is 17.5 Å². The Morgan fingerprint density at radius 1 is 1.22 bits per heavy atom. The van der Waals surface area contributed by atoms with Crippen molar-refractivity contribution in [1.82, 2.24) is 20.5 Å². The van der Waals surface area contributed by atoms with Gasteiger partial charge in [-0.2, -0.15) is 4.98 Å². The predicted octanol–water partition coefficient (Wildman–Crippen LogP) is 2.03. The molecule has 8 heteroatoms. The second-order valence-corrected chi connectivity index (χ2v) is 7.17. The first-order valence-corrected chi connectivity index (χ1v) is 9.30. The summed E-state index contributed by atoms with van der Waals surface area (Å²) in [5.74, 6) is 0.595. The maximum absolute atomic E-state index is 11.8. The fraction of sp³-hybridized carbons (Fsp3) is 0.474. The smallest absolute Gasteiger partial charge is 0.273 e. The largest absolute Gasteiger partial charge is 0.364 e. The van der Waals surface area contributed by atoms with Crippen molar-refractivity contribution in [3.05, 3.63) is 35.5 Å². The molecule has 2 aromatic rings. The molecule has 1 amide bonds. The lowest BCUT2D eigenvalue weighted by atomic mass is 10.0. The van der Waals surface area contributed by atoms with Crippen LogP contribution in [0.15, 0.2) is 24.3 Å². The Labute approximate surface area is 159 Å². The minimum Gasteiger partial charge on any atom is -0.364 e. The number of hydrogen-bond acceptors (Lipinski definition) is 7. The Hall–Kier alpha value is -2.74. The number of amides is 1. The number of rotatable bonds is 6. The van der Waals surface area contributed by atoms with Crippen LogP contribution < -0.4 is 21.3 Å². The number of nitrogens with one attached hydrogen (secondary N) is 2. The number of carbonyl (C=O) groups is 1. The Morgan fingerprint density at radius 2 is 1.89 bits per heavy atom. The fourth-order valence-corrected chi connectivity index (χ4v) is 3.17. The Kier molecular flexibility index (Phi) is 5.85. The van der Waals surface area contributed by atoms with Gasteiger partial charge in [0.25, 0.3) is 5.91 Å². The molecule has 2 heterocycles. The number of nitrogens with two attached hydrogens (primary N) is 1. The Morgan fingerprint density at radius 3 is 2.48 bits per heavy atom. The summed E-state index contributed by atoms with van der Waals surface area (Å²) in [4.78, 5) is 18.3. The molecule has 144 valence electrons. The molecule has 1 aliphatic heterocycles. The van der Waals surface area contributed by atoms with Gasteiger partial charge in [0.15, 0.2) is 11.5 Å². The standard InChI is InChI=1S/C19H27N7O/c1-12(2)13-4-6-14(7-5-13)22-18-16(17(20)27)24-25-19(23-18)26(3)15-8-10-21-11-9-15/h4-7,12,15,21H,8-11H2,1-3H3,(H2,20,27)(H,22,23,25). The quantitative estimate of drug-likeness (QED) is 0.715. The van der Waals surface area contributed by atoms with E-state index in [4.69, 9.17) is 5.73 Å². The third-order valence-electron chi connectivity index (χ3n) is 4.92. The monoisotopic (exact) mass is 369 g/mol. The molecule has 1 saturated heterocycles. The molecule has 0 unspecified atom stereocenters. The van der Waals surface area contributed by atoms with E-state index in [0.29, 0.717) is 23.7 Å². The third kappa shape index (κ3) is 4.51. The lowest BCUT2D eigenvalue weighted by Gasteiger charge is -2.31. The predicted molar refractivity (Wildman–Crippen MR) is 106 cm³/mol. The van der Waals surface area contributed by atoms with Gasteiger partial charge in [-0.05, 0) is 49.5 Å². The lowest BCUT2D eigenvalue weighted by molar-refractivity contribution is 0.0995. The van der Waals surface area contributed by atoms with Crippen molar-refractivity contribution in [3.8, 4) is 0 Å². The number of hydrogen-bond donors (Lipinski definition) is 3. The van der Waals surface area contributed by atoms with E-state index in [1.807, 2.05) is 36.2 Å². The first kappa shape index (κ1) is 19.0. The number of nitrogens with zero attached hydrogens (tertiary/aromatic N) is 4. The molecule has 27 heavy (non-hydrogen) atoms. The molecule has 3 rings (SSSR count). The Bertz CT molecular complexity index is 785. The van der Waals surface area contributed by atoms with Gasteiger partial charge >= 0.3 is 0 Å². The third-order valence-corrected chi connectivity index (χ3v) is 4.92. The van der Waals surface area contributed by atoms with E-state index in [0.717, 1.165) is 31.6 Å². The molecule has 1 aromatic heterocycles. The van der Waals surface area contributed by atoms with Crippen LogP contribution in [0.5, 0.6) is 0 Å². The summed E-state index contributed by atoms with van der Waals surface area (Å²) in [5, 5.41) is 14.7. The number of carbonyl (C=O) groups excluding carboxylic acids is 1. The van der Waals surface area contributed by atoms with Crippen molar-refractivity contribution < 1.29 is 4.79 Å². The summed E-state index contributed by atoms with van der Waals surface area (Å²) < 4.78 is 0. The summed E-state index contributed by atoms with van der Waals surface area (Å²) in [6, 6.07) is 8.35. The number of primary amides is 1. The van der Waals surface area contributed by atoms with Gasteiger partial charge < -0.3 is 21.3 Å². The first-order valence-electron chi connectivity index (χ1n) is 9.30. The topological polar surface area (TPSA) is 109 Å². The summed E-state index contributed by atoms with van der Waals surface area (Å²) in [6.45, 7) is 6.22. The molecule has 0 aliphatic carbocycles. The maximum Gasteiger partial charge on any atom is 0.273 e. The normalized spacial score (nSPS) is 15.0. The number of anilines is 3. The highest BCUT2D eigenvalue weighted by Gasteiger charge is 2.22. The lowest BCUT2D eigenvalue weighted by Crippen LogP contribution is -2.42.